The van der Waals surface area contributed by atoms with Gasteiger partial charge in [0.25, 0.3) is 5.56 Å². The van der Waals surface area contributed by atoms with E-state index in [4.69, 9.17) is 4.74 Å². The maximum Gasteiger partial charge on any atom is 0.273 e. The number of nitrogens with zero attached hydrogens (tertiary/aromatic N) is 3. The predicted octanol–water partition coefficient (Wildman–Crippen LogP) is 3.70. The molecule has 0 fully saturated rings. The number of fused-ring (bicyclic) bond motifs is 1. The molecule has 30 heavy (non-hydrogen) atoms. The molecule has 0 aliphatic carbocycles. The van der Waals surface area contributed by atoms with Crippen LogP contribution in [-0.4, -0.2) is 51.3 Å². The lowest BCUT2D eigenvalue weighted by Gasteiger charge is -2.17. The monoisotopic (exact) mass is 403 g/mol. The van der Waals surface area contributed by atoms with Crippen molar-refractivity contribution in [2.75, 3.05) is 26.2 Å². The van der Waals surface area contributed by atoms with Crippen LogP contribution in [0.25, 0.3) is 33.4 Å². The topological polar surface area (TPSA) is 86.9 Å². The van der Waals surface area contributed by atoms with Gasteiger partial charge in [-0.05, 0) is 49.5 Å². The largest absolute Gasteiger partial charge is 0.492 e. The van der Waals surface area contributed by atoms with Crippen LogP contribution in [0.1, 0.15) is 13.8 Å². The lowest BCUT2D eigenvalue weighted by molar-refractivity contribution is 0.223. The summed E-state index contributed by atoms with van der Waals surface area (Å²) in [5.74, 6) is 0.809. The Morgan fingerprint density at radius 3 is 2.60 bits per heavy atom. The van der Waals surface area contributed by atoms with E-state index in [0.717, 1.165) is 47.5 Å². The summed E-state index contributed by atoms with van der Waals surface area (Å²) in [6, 6.07) is 13.4. The fourth-order valence-corrected chi connectivity index (χ4v) is 3.45. The molecular formula is C23H25N5O2. The minimum Gasteiger partial charge on any atom is -0.492 e. The molecule has 0 atom stereocenters. The molecule has 7 heteroatoms. The number of benzene rings is 1. The summed E-state index contributed by atoms with van der Waals surface area (Å²) in [5, 5.41) is 7.77. The molecule has 0 saturated heterocycles. The molecule has 7 nitrogen and oxygen atoms in total. The molecule has 4 aromatic rings. The van der Waals surface area contributed by atoms with Crippen LogP contribution >= 0.6 is 0 Å². The van der Waals surface area contributed by atoms with Gasteiger partial charge in [0.2, 0.25) is 0 Å². The van der Waals surface area contributed by atoms with Gasteiger partial charge in [0.1, 0.15) is 12.4 Å². The van der Waals surface area contributed by atoms with Gasteiger partial charge in [0.15, 0.2) is 0 Å². The third-order valence-corrected chi connectivity index (χ3v) is 5.23. The van der Waals surface area contributed by atoms with Crippen molar-refractivity contribution in [2.45, 2.75) is 13.8 Å². The highest BCUT2D eigenvalue weighted by Gasteiger charge is 2.11. The molecule has 0 radical (unpaired) electrons. The Kier molecular flexibility index (Phi) is 5.90. The molecule has 3 heterocycles. The first-order valence-corrected chi connectivity index (χ1v) is 10.2. The van der Waals surface area contributed by atoms with Crippen molar-refractivity contribution in [3.8, 4) is 28.3 Å². The Morgan fingerprint density at radius 1 is 1.03 bits per heavy atom. The molecule has 0 amide bonds. The van der Waals surface area contributed by atoms with Crippen LogP contribution < -0.4 is 10.3 Å². The summed E-state index contributed by atoms with van der Waals surface area (Å²) < 4.78 is 5.92. The molecule has 1 aromatic carbocycles. The Hall–Kier alpha value is -3.45. The maximum absolute atomic E-state index is 12.4. The minimum absolute atomic E-state index is 0.241. The average Bonchev–Trinajstić information content (AvgIpc) is 3.21. The highest BCUT2D eigenvalue weighted by Crippen LogP contribution is 2.27. The number of aromatic amines is 2. The first-order chi connectivity index (χ1) is 14.7. The minimum atomic E-state index is -0.241. The zero-order valence-corrected chi connectivity index (χ0v) is 17.2. The molecular weight excluding hydrogens is 378 g/mol. The number of hydrogen-bond acceptors (Lipinski definition) is 5. The van der Waals surface area contributed by atoms with Crippen molar-refractivity contribution in [1.29, 1.82) is 0 Å². The molecule has 0 aliphatic rings. The zero-order valence-electron chi connectivity index (χ0n) is 17.2. The van der Waals surface area contributed by atoms with Crippen molar-refractivity contribution in [3.05, 3.63) is 65.2 Å². The van der Waals surface area contributed by atoms with E-state index in [1.54, 1.807) is 18.5 Å². The van der Waals surface area contributed by atoms with Gasteiger partial charge in [-0.25, -0.2) is 5.10 Å². The van der Waals surface area contributed by atoms with E-state index >= 15 is 0 Å². The van der Waals surface area contributed by atoms with E-state index in [9.17, 15) is 4.79 Å². The summed E-state index contributed by atoms with van der Waals surface area (Å²) in [6.45, 7) is 7.86. The van der Waals surface area contributed by atoms with Crippen molar-refractivity contribution in [2.24, 2.45) is 0 Å². The number of pyridine rings is 1. The van der Waals surface area contributed by atoms with Gasteiger partial charge in [0, 0.05) is 41.5 Å². The van der Waals surface area contributed by atoms with Crippen molar-refractivity contribution in [1.82, 2.24) is 25.1 Å². The number of aromatic nitrogens is 4. The number of nitrogens with one attached hydrogen (secondary N) is 2. The van der Waals surface area contributed by atoms with Crippen LogP contribution in [0.5, 0.6) is 5.75 Å². The van der Waals surface area contributed by atoms with Crippen LogP contribution in [0.3, 0.4) is 0 Å². The SMILES string of the molecule is CCN(CC)CCOc1ccc2cc(-c3cc(-c4ccncc4)n[nH]c3=O)[nH]c2c1. The summed E-state index contributed by atoms with van der Waals surface area (Å²) >= 11 is 0. The fourth-order valence-electron chi connectivity index (χ4n) is 3.45. The Balaban J connectivity index is 1.59. The van der Waals surface area contributed by atoms with Crippen molar-refractivity contribution >= 4 is 10.9 Å². The summed E-state index contributed by atoms with van der Waals surface area (Å²) in [6.07, 6.45) is 3.40. The van der Waals surface area contributed by atoms with Crippen LogP contribution in [0.2, 0.25) is 0 Å². The van der Waals surface area contributed by atoms with E-state index in [2.05, 4.69) is 38.9 Å². The van der Waals surface area contributed by atoms with Crippen molar-refractivity contribution in [3.63, 3.8) is 0 Å². The van der Waals surface area contributed by atoms with Crippen LogP contribution in [0.15, 0.2) is 59.7 Å². The first kappa shape index (κ1) is 19.8. The molecule has 0 bridgehead atoms. The van der Waals surface area contributed by atoms with E-state index in [1.807, 2.05) is 36.4 Å². The van der Waals surface area contributed by atoms with Gasteiger partial charge < -0.3 is 14.6 Å². The molecule has 4 rings (SSSR count). The second kappa shape index (κ2) is 8.92. The maximum atomic E-state index is 12.4. The molecule has 3 aromatic heterocycles. The zero-order chi connectivity index (χ0) is 20.9. The summed E-state index contributed by atoms with van der Waals surface area (Å²) in [5.41, 5.74) is 3.54. The van der Waals surface area contributed by atoms with Crippen LogP contribution in [0, 0.1) is 0 Å². The highest BCUT2D eigenvalue weighted by molar-refractivity contribution is 5.87. The number of likely N-dealkylation sites (N-methyl/N-ethyl adjacent to an activating group) is 1. The third kappa shape index (κ3) is 4.26. The number of ether oxygens (including phenoxy) is 1. The standard InChI is InChI=1S/C23H25N5O2/c1-3-28(4-2)11-12-30-18-6-5-17-13-22(25-20(17)14-18)19-15-21(26-27-23(19)29)16-7-9-24-10-8-16/h5-10,13-15,25H,3-4,11-12H2,1-2H3,(H,27,29). The first-order valence-electron chi connectivity index (χ1n) is 10.2. The van der Waals surface area contributed by atoms with Gasteiger partial charge in [-0.1, -0.05) is 13.8 Å². The van der Waals surface area contributed by atoms with E-state index < -0.39 is 0 Å². The second-order valence-corrected chi connectivity index (χ2v) is 7.04. The summed E-state index contributed by atoms with van der Waals surface area (Å²) in [7, 11) is 0. The van der Waals surface area contributed by atoms with Crippen LogP contribution in [0.4, 0.5) is 0 Å². The van der Waals surface area contributed by atoms with Crippen molar-refractivity contribution < 1.29 is 4.74 Å². The number of H-pyrrole nitrogens is 2. The lowest BCUT2D eigenvalue weighted by Crippen LogP contribution is -2.27. The molecule has 154 valence electrons. The Bertz CT molecular complexity index is 1180. The smallest absolute Gasteiger partial charge is 0.273 e. The van der Waals surface area contributed by atoms with Gasteiger partial charge in [-0.15, -0.1) is 0 Å². The Labute approximate surface area is 174 Å². The second-order valence-electron chi connectivity index (χ2n) is 7.04. The van der Waals surface area contributed by atoms with Gasteiger partial charge >= 0.3 is 0 Å². The molecule has 0 unspecified atom stereocenters. The van der Waals surface area contributed by atoms with Gasteiger partial charge in [-0.2, -0.15) is 5.10 Å². The predicted molar refractivity (Wildman–Crippen MR) is 119 cm³/mol. The lowest BCUT2D eigenvalue weighted by atomic mass is 10.1. The quantitative estimate of drug-likeness (QED) is 0.468. The highest BCUT2D eigenvalue weighted by atomic mass is 16.5. The molecule has 0 aliphatic heterocycles. The van der Waals surface area contributed by atoms with E-state index in [0.29, 0.717) is 17.9 Å². The average molecular weight is 403 g/mol. The summed E-state index contributed by atoms with van der Waals surface area (Å²) in [4.78, 5) is 22.1. The number of rotatable bonds is 8. The molecule has 2 N–H and O–H groups in total. The van der Waals surface area contributed by atoms with E-state index in [1.165, 1.54) is 0 Å². The Morgan fingerprint density at radius 2 is 1.83 bits per heavy atom. The van der Waals surface area contributed by atoms with Gasteiger partial charge in [-0.3, -0.25) is 9.78 Å². The van der Waals surface area contributed by atoms with E-state index in [-0.39, 0.29) is 5.56 Å². The van der Waals surface area contributed by atoms with Gasteiger partial charge in [0.05, 0.1) is 17.0 Å². The third-order valence-electron chi connectivity index (χ3n) is 5.23. The van der Waals surface area contributed by atoms with Crippen LogP contribution in [-0.2, 0) is 0 Å². The fraction of sp³-hybridized carbons (Fsp3) is 0.261. The molecule has 0 saturated carbocycles. The number of hydrogen-bond donors (Lipinski definition) is 2. The normalized spacial score (nSPS) is 11.3. The molecule has 0 spiro atoms.